The van der Waals surface area contributed by atoms with Crippen molar-refractivity contribution in [1.82, 2.24) is 0 Å². The van der Waals surface area contributed by atoms with Gasteiger partial charge in [-0.3, -0.25) is 5.73 Å². The Kier molecular flexibility index (Phi) is 10.5. The Labute approximate surface area is 82.4 Å². The fourth-order valence-corrected chi connectivity index (χ4v) is 0.784. The van der Waals surface area contributed by atoms with Gasteiger partial charge in [-0.2, -0.15) is 0 Å². The summed E-state index contributed by atoms with van der Waals surface area (Å²) in [5, 5.41) is 8.14. The van der Waals surface area contributed by atoms with Gasteiger partial charge in [0.2, 0.25) is 0 Å². The minimum atomic E-state index is -1.30. The van der Waals surface area contributed by atoms with Crippen LogP contribution in [0.15, 0.2) is 0 Å². The molecule has 0 bridgehead atoms. The summed E-state index contributed by atoms with van der Waals surface area (Å²) in [7, 11) is 0. The van der Waals surface area contributed by atoms with Crippen molar-refractivity contribution >= 4 is 6.16 Å². The van der Waals surface area contributed by atoms with Crippen LogP contribution in [0.3, 0.4) is 0 Å². The molecule has 0 heterocycles. The maximum Gasteiger partial charge on any atom is 0.507 e. The summed E-state index contributed by atoms with van der Waals surface area (Å²) >= 11 is 0. The van der Waals surface area contributed by atoms with E-state index in [4.69, 9.17) is 10.8 Å². The third-order valence-electron chi connectivity index (χ3n) is 1.34. The van der Waals surface area contributed by atoms with Gasteiger partial charge in [0.25, 0.3) is 0 Å². The van der Waals surface area contributed by atoms with Crippen LogP contribution in [0.5, 0.6) is 0 Å². The predicted octanol–water partition coefficient (Wildman–Crippen LogP) is 1.54. The van der Waals surface area contributed by atoms with Crippen LogP contribution in [-0.2, 0) is 21.2 Å². The van der Waals surface area contributed by atoms with Crippen molar-refractivity contribution in [2.45, 2.75) is 38.8 Å². The van der Waals surface area contributed by atoms with Crippen molar-refractivity contribution in [3.8, 4) is 0 Å². The van der Waals surface area contributed by atoms with Gasteiger partial charge in [-0.15, -0.1) is 0 Å². The largest absolute Gasteiger partial charge is 0.507 e. The van der Waals surface area contributed by atoms with Gasteiger partial charge >= 0.3 is 6.16 Å². The van der Waals surface area contributed by atoms with Crippen molar-refractivity contribution < 1.29 is 31.1 Å². The van der Waals surface area contributed by atoms with Gasteiger partial charge in [-0.25, -0.2) is 4.79 Å². The number of hydrogen-bond acceptors (Lipinski definition) is 3. The standard InChI is InChI=1S/C7H15NO3.Ni/c1-2-3-4-5-6(8)11-7(9)10;/h6H,2-5,8H2,1H3,(H,9,10);. The Balaban J connectivity index is 0. The van der Waals surface area contributed by atoms with Crippen LogP contribution in [0, 0.1) is 0 Å². The molecule has 0 fully saturated rings. The number of ether oxygens (including phenoxy) is 1. The first-order chi connectivity index (χ1) is 5.16. The fourth-order valence-electron chi connectivity index (χ4n) is 0.784. The average molecular weight is 220 g/mol. The van der Waals surface area contributed by atoms with Gasteiger partial charge in [-0.1, -0.05) is 19.8 Å². The second kappa shape index (κ2) is 8.82. The molecule has 12 heavy (non-hydrogen) atoms. The van der Waals surface area contributed by atoms with E-state index in [1.165, 1.54) is 0 Å². The Bertz CT molecular complexity index is 121. The van der Waals surface area contributed by atoms with E-state index in [0.717, 1.165) is 19.3 Å². The molecular formula is C7H15NNiO3. The normalized spacial score (nSPS) is 11.5. The minimum Gasteiger partial charge on any atom is -0.450 e. The van der Waals surface area contributed by atoms with Crippen LogP contribution < -0.4 is 5.73 Å². The van der Waals surface area contributed by atoms with Crippen LogP contribution in [-0.4, -0.2) is 17.5 Å². The van der Waals surface area contributed by atoms with Crippen LogP contribution in [0.25, 0.3) is 0 Å². The van der Waals surface area contributed by atoms with Gasteiger partial charge in [0.05, 0.1) is 0 Å². The van der Waals surface area contributed by atoms with Crippen LogP contribution in [0.4, 0.5) is 4.79 Å². The molecule has 0 spiro atoms. The number of rotatable bonds is 5. The van der Waals surface area contributed by atoms with Gasteiger partial charge in [0.1, 0.15) is 0 Å². The Hall–Kier alpha value is -0.276. The average Bonchev–Trinajstić information content (AvgIpc) is 1.86. The first kappa shape index (κ1) is 14.3. The summed E-state index contributed by atoms with van der Waals surface area (Å²) in [6.45, 7) is 2.07. The molecule has 0 saturated heterocycles. The molecule has 76 valence electrons. The topological polar surface area (TPSA) is 72.5 Å². The zero-order valence-electron chi connectivity index (χ0n) is 7.06. The van der Waals surface area contributed by atoms with E-state index in [1.54, 1.807) is 0 Å². The van der Waals surface area contributed by atoms with Crippen molar-refractivity contribution in [3.63, 3.8) is 0 Å². The molecule has 0 aromatic rings. The summed E-state index contributed by atoms with van der Waals surface area (Å²) in [6.07, 6.45) is 1.75. The van der Waals surface area contributed by atoms with Gasteiger partial charge < -0.3 is 9.84 Å². The molecular weight excluding hydrogens is 205 g/mol. The summed E-state index contributed by atoms with van der Waals surface area (Å²) < 4.78 is 4.29. The van der Waals surface area contributed by atoms with E-state index in [2.05, 4.69) is 11.7 Å². The van der Waals surface area contributed by atoms with E-state index >= 15 is 0 Å². The first-order valence-electron chi connectivity index (χ1n) is 3.82. The van der Waals surface area contributed by atoms with E-state index in [9.17, 15) is 4.79 Å². The van der Waals surface area contributed by atoms with Crippen molar-refractivity contribution in [3.05, 3.63) is 0 Å². The summed E-state index contributed by atoms with van der Waals surface area (Å²) in [5.41, 5.74) is 5.31. The number of carboxylic acid groups (broad SMARTS) is 1. The third kappa shape index (κ3) is 9.72. The number of unbranched alkanes of at least 4 members (excludes halogenated alkanes) is 2. The monoisotopic (exact) mass is 219 g/mol. The Morgan fingerprint density at radius 1 is 1.58 bits per heavy atom. The molecule has 3 N–H and O–H groups in total. The zero-order chi connectivity index (χ0) is 8.69. The second-order valence-corrected chi connectivity index (χ2v) is 2.42. The summed E-state index contributed by atoms with van der Waals surface area (Å²) in [6, 6.07) is 0. The SMILES string of the molecule is CCCCCC(N)OC(=O)O.[Ni]. The molecule has 0 saturated carbocycles. The quantitative estimate of drug-likeness (QED) is 0.319. The molecule has 0 rings (SSSR count). The fraction of sp³-hybridized carbons (Fsp3) is 0.857. The third-order valence-corrected chi connectivity index (χ3v) is 1.34. The molecule has 0 aliphatic carbocycles. The van der Waals surface area contributed by atoms with Gasteiger partial charge in [0.15, 0.2) is 6.23 Å². The zero-order valence-corrected chi connectivity index (χ0v) is 8.05. The molecule has 0 aromatic heterocycles. The maximum absolute atomic E-state index is 9.94. The van der Waals surface area contributed by atoms with Crippen LogP contribution in [0.1, 0.15) is 32.6 Å². The molecule has 0 radical (unpaired) electrons. The van der Waals surface area contributed by atoms with Crippen LogP contribution >= 0.6 is 0 Å². The molecule has 5 heteroatoms. The Morgan fingerprint density at radius 3 is 2.58 bits per heavy atom. The number of hydrogen-bond donors (Lipinski definition) is 2. The summed E-state index contributed by atoms with van der Waals surface area (Å²) in [5.74, 6) is 0. The van der Waals surface area contributed by atoms with Gasteiger partial charge in [0, 0.05) is 16.5 Å². The second-order valence-electron chi connectivity index (χ2n) is 2.42. The molecule has 1 unspecified atom stereocenters. The van der Waals surface area contributed by atoms with E-state index in [0.29, 0.717) is 6.42 Å². The van der Waals surface area contributed by atoms with Crippen molar-refractivity contribution in [1.29, 1.82) is 0 Å². The van der Waals surface area contributed by atoms with Crippen LogP contribution in [0.2, 0.25) is 0 Å². The molecule has 0 amide bonds. The number of carbonyl (C=O) groups is 1. The van der Waals surface area contributed by atoms with Gasteiger partial charge in [-0.05, 0) is 12.8 Å². The van der Waals surface area contributed by atoms with E-state index in [1.807, 2.05) is 0 Å². The smallest absolute Gasteiger partial charge is 0.450 e. The molecule has 4 nitrogen and oxygen atoms in total. The van der Waals surface area contributed by atoms with E-state index < -0.39 is 12.4 Å². The summed E-state index contributed by atoms with van der Waals surface area (Å²) in [4.78, 5) is 9.94. The Morgan fingerprint density at radius 2 is 2.17 bits per heavy atom. The van der Waals surface area contributed by atoms with E-state index in [-0.39, 0.29) is 16.5 Å². The number of nitrogens with two attached hydrogens (primary N) is 1. The van der Waals surface area contributed by atoms with Crippen molar-refractivity contribution in [2.24, 2.45) is 5.73 Å². The molecule has 0 aromatic carbocycles. The predicted molar refractivity (Wildman–Crippen MR) is 41.2 cm³/mol. The minimum absolute atomic E-state index is 0. The van der Waals surface area contributed by atoms with Crippen molar-refractivity contribution in [2.75, 3.05) is 0 Å². The molecule has 0 aliphatic heterocycles. The molecule has 0 aliphatic rings. The molecule has 1 atom stereocenters. The first-order valence-corrected chi connectivity index (χ1v) is 3.82. The maximum atomic E-state index is 9.94.